The number of hydrogen-bond acceptors (Lipinski definition) is 4. The third kappa shape index (κ3) is 2.61. The minimum Gasteiger partial charge on any atom is -0.353 e. The van der Waals surface area contributed by atoms with Crippen molar-refractivity contribution in [3.8, 4) is 0 Å². The van der Waals surface area contributed by atoms with E-state index in [1.54, 1.807) is 0 Å². The van der Waals surface area contributed by atoms with Crippen LogP contribution in [-0.4, -0.2) is 33.7 Å². The van der Waals surface area contributed by atoms with E-state index >= 15 is 0 Å². The summed E-state index contributed by atoms with van der Waals surface area (Å²) in [5.74, 6) is -0.0312. The van der Waals surface area contributed by atoms with Crippen LogP contribution in [0.1, 0.15) is 0 Å². The normalized spacial score (nSPS) is 25.3. The largest absolute Gasteiger partial charge is 0.353 e. The fourth-order valence-corrected chi connectivity index (χ4v) is 1.64. The van der Waals surface area contributed by atoms with Crippen LogP contribution in [0.4, 0.5) is 0 Å². The minimum absolute atomic E-state index is 0.0312. The van der Waals surface area contributed by atoms with Gasteiger partial charge in [-0.1, -0.05) is 6.58 Å². The fraction of sp³-hybridized carbons (Fsp3) is 0.667. The van der Waals surface area contributed by atoms with Gasteiger partial charge in [-0.3, -0.25) is 0 Å². The van der Waals surface area contributed by atoms with Gasteiger partial charge in [0, 0.05) is 5.41 Å². The quantitative estimate of drug-likeness (QED) is 0.606. The lowest BCUT2D eigenvalue weighted by Crippen LogP contribution is -2.20. The van der Waals surface area contributed by atoms with Gasteiger partial charge in [-0.05, 0) is 0 Å². The molecule has 0 saturated carbocycles. The van der Waals surface area contributed by atoms with Crippen molar-refractivity contribution in [2.24, 2.45) is 0 Å². The van der Waals surface area contributed by atoms with Gasteiger partial charge in [0.15, 0.2) is 9.84 Å². The predicted molar refractivity (Wildman–Crippen MR) is 39.7 cm³/mol. The first-order valence-electron chi connectivity index (χ1n) is 3.18. The zero-order valence-electron chi connectivity index (χ0n) is 6.02. The molecule has 0 aromatic rings. The summed E-state index contributed by atoms with van der Waals surface area (Å²) in [7, 11) is -3.14. The lowest BCUT2D eigenvalue weighted by Gasteiger charge is -2.03. The molecule has 1 rings (SSSR count). The van der Waals surface area contributed by atoms with Crippen LogP contribution in [0.2, 0.25) is 0 Å². The number of ether oxygens (including phenoxy) is 2. The Kier molecular flexibility index (Phi) is 2.64. The minimum atomic E-state index is -3.14. The van der Waals surface area contributed by atoms with Crippen molar-refractivity contribution in [1.29, 1.82) is 0 Å². The molecule has 4 nitrogen and oxygen atoms in total. The molecule has 0 N–H and O–H groups in total. The molecule has 0 aromatic heterocycles. The zero-order valence-corrected chi connectivity index (χ0v) is 6.84. The standard InChI is InChI=1S/C6H10O4S/c1-2-11(7,8)4-6-3-9-5-10-6/h2,6H,1,3-5H2. The Hall–Kier alpha value is -0.390. The zero-order chi connectivity index (χ0) is 8.32. The van der Waals surface area contributed by atoms with E-state index in [1.807, 2.05) is 0 Å². The second-order valence-corrected chi connectivity index (χ2v) is 4.27. The van der Waals surface area contributed by atoms with Crippen LogP contribution < -0.4 is 0 Å². The van der Waals surface area contributed by atoms with E-state index in [0.717, 1.165) is 5.41 Å². The van der Waals surface area contributed by atoms with Crippen molar-refractivity contribution >= 4 is 9.84 Å². The molecule has 1 aliphatic rings. The van der Waals surface area contributed by atoms with E-state index in [-0.39, 0.29) is 18.6 Å². The van der Waals surface area contributed by atoms with E-state index in [9.17, 15) is 8.42 Å². The van der Waals surface area contributed by atoms with Crippen molar-refractivity contribution in [2.75, 3.05) is 19.2 Å². The van der Waals surface area contributed by atoms with Crippen LogP contribution in [0.25, 0.3) is 0 Å². The van der Waals surface area contributed by atoms with Gasteiger partial charge in [0.2, 0.25) is 0 Å². The molecule has 0 bridgehead atoms. The smallest absolute Gasteiger partial charge is 0.173 e. The molecule has 0 spiro atoms. The Morgan fingerprint density at radius 3 is 2.82 bits per heavy atom. The van der Waals surface area contributed by atoms with E-state index in [4.69, 9.17) is 9.47 Å². The molecule has 1 unspecified atom stereocenters. The molecule has 1 heterocycles. The third-order valence-electron chi connectivity index (χ3n) is 1.36. The highest BCUT2D eigenvalue weighted by Crippen LogP contribution is 2.06. The fourth-order valence-electron chi connectivity index (χ4n) is 0.795. The summed E-state index contributed by atoms with van der Waals surface area (Å²) in [6, 6.07) is 0. The summed E-state index contributed by atoms with van der Waals surface area (Å²) in [5, 5.41) is 0.939. The molecular formula is C6H10O4S. The molecule has 0 radical (unpaired) electrons. The Morgan fingerprint density at radius 2 is 2.36 bits per heavy atom. The van der Waals surface area contributed by atoms with Gasteiger partial charge in [-0.2, -0.15) is 0 Å². The molecule has 11 heavy (non-hydrogen) atoms. The van der Waals surface area contributed by atoms with Crippen LogP contribution in [0.15, 0.2) is 12.0 Å². The molecule has 1 fully saturated rings. The molecule has 0 aliphatic carbocycles. The number of rotatable bonds is 3. The number of hydrogen-bond donors (Lipinski definition) is 0. The Bertz CT molecular complexity index is 225. The van der Waals surface area contributed by atoms with Crippen molar-refractivity contribution in [1.82, 2.24) is 0 Å². The van der Waals surface area contributed by atoms with Gasteiger partial charge < -0.3 is 9.47 Å². The molecule has 1 atom stereocenters. The highest BCUT2D eigenvalue weighted by atomic mass is 32.2. The first-order chi connectivity index (χ1) is 5.14. The van der Waals surface area contributed by atoms with Crippen LogP contribution in [0, 0.1) is 0 Å². The Morgan fingerprint density at radius 1 is 1.64 bits per heavy atom. The van der Waals surface area contributed by atoms with E-state index in [2.05, 4.69) is 6.58 Å². The second kappa shape index (κ2) is 3.34. The van der Waals surface area contributed by atoms with E-state index in [1.165, 1.54) is 0 Å². The highest BCUT2D eigenvalue weighted by Gasteiger charge is 2.21. The van der Waals surface area contributed by atoms with Crippen molar-refractivity contribution in [3.05, 3.63) is 12.0 Å². The van der Waals surface area contributed by atoms with Crippen LogP contribution in [0.5, 0.6) is 0 Å². The van der Waals surface area contributed by atoms with Crippen LogP contribution >= 0.6 is 0 Å². The van der Waals surface area contributed by atoms with Crippen LogP contribution in [-0.2, 0) is 19.3 Å². The van der Waals surface area contributed by atoms with Gasteiger partial charge in [-0.15, -0.1) is 0 Å². The monoisotopic (exact) mass is 178 g/mol. The predicted octanol–water partition coefficient (Wildman–Crippen LogP) is -0.0824. The maximum Gasteiger partial charge on any atom is 0.173 e. The maximum atomic E-state index is 10.9. The summed E-state index contributed by atoms with van der Waals surface area (Å²) in [5.41, 5.74) is 0. The van der Waals surface area contributed by atoms with Crippen LogP contribution in [0.3, 0.4) is 0 Å². The van der Waals surface area contributed by atoms with Crippen molar-refractivity contribution < 1.29 is 17.9 Å². The topological polar surface area (TPSA) is 52.6 Å². The van der Waals surface area contributed by atoms with Gasteiger partial charge in [-0.25, -0.2) is 8.42 Å². The first-order valence-corrected chi connectivity index (χ1v) is 4.90. The lowest BCUT2D eigenvalue weighted by molar-refractivity contribution is 0.0521. The van der Waals surface area contributed by atoms with Gasteiger partial charge in [0.05, 0.1) is 18.5 Å². The highest BCUT2D eigenvalue weighted by molar-refractivity contribution is 7.94. The Balaban J connectivity index is 2.47. The molecule has 0 aromatic carbocycles. The maximum absolute atomic E-state index is 10.9. The first kappa shape index (κ1) is 8.70. The summed E-state index contributed by atoms with van der Waals surface area (Å²) < 4.78 is 31.6. The number of sulfone groups is 1. The Labute approximate surface area is 65.7 Å². The summed E-state index contributed by atoms with van der Waals surface area (Å²) in [6.07, 6.45) is -0.321. The SMILES string of the molecule is C=CS(=O)(=O)CC1COCO1. The average Bonchev–Trinajstić information content (AvgIpc) is 2.39. The summed E-state index contributed by atoms with van der Waals surface area (Å²) in [4.78, 5) is 0. The molecule has 0 amide bonds. The molecule has 1 aliphatic heterocycles. The van der Waals surface area contributed by atoms with Crippen molar-refractivity contribution in [2.45, 2.75) is 6.10 Å². The summed E-state index contributed by atoms with van der Waals surface area (Å²) >= 11 is 0. The van der Waals surface area contributed by atoms with Gasteiger partial charge >= 0.3 is 0 Å². The summed E-state index contributed by atoms with van der Waals surface area (Å²) in [6.45, 7) is 3.74. The van der Waals surface area contributed by atoms with Gasteiger partial charge in [0.1, 0.15) is 6.79 Å². The molecular weight excluding hydrogens is 168 g/mol. The molecule has 1 saturated heterocycles. The second-order valence-electron chi connectivity index (χ2n) is 2.27. The van der Waals surface area contributed by atoms with Crippen molar-refractivity contribution in [3.63, 3.8) is 0 Å². The lowest BCUT2D eigenvalue weighted by atomic mass is 10.4. The average molecular weight is 178 g/mol. The molecule has 5 heteroatoms. The third-order valence-corrected chi connectivity index (χ3v) is 2.71. The van der Waals surface area contributed by atoms with E-state index in [0.29, 0.717) is 6.61 Å². The van der Waals surface area contributed by atoms with E-state index < -0.39 is 9.84 Å². The molecule has 64 valence electrons. The van der Waals surface area contributed by atoms with Gasteiger partial charge in [0.25, 0.3) is 0 Å².